The highest BCUT2D eigenvalue weighted by Crippen LogP contribution is 2.42. The molecule has 0 aliphatic heterocycles. The number of fused-ring (bicyclic) bond motifs is 9. The average molecular weight is 745 g/mol. The topological polar surface area (TPSA) is 35.6 Å². The van der Waals surface area contributed by atoms with E-state index in [2.05, 4.69) is 203 Å². The summed E-state index contributed by atoms with van der Waals surface area (Å²) in [5, 5.41) is 8.34. The summed E-state index contributed by atoms with van der Waals surface area (Å²) in [6.45, 7) is 0. The summed E-state index contributed by atoms with van der Waals surface area (Å²) in [5.41, 5.74) is 11.2. The Balaban J connectivity index is 1.12. The molecule has 0 radical (unpaired) electrons. The van der Waals surface area contributed by atoms with Crippen LogP contribution in [0.25, 0.3) is 109 Å². The van der Waals surface area contributed by atoms with Crippen LogP contribution in [0.3, 0.4) is 0 Å². The summed E-state index contributed by atoms with van der Waals surface area (Å²) in [5.74, 6) is 0.666. The van der Waals surface area contributed by atoms with Gasteiger partial charge in [-0.05, 0) is 76.0 Å². The summed E-state index contributed by atoms with van der Waals surface area (Å²) in [7, 11) is 0. The van der Waals surface area contributed by atoms with Crippen molar-refractivity contribution >= 4 is 75.9 Å². The molecule has 0 amide bonds. The van der Waals surface area contributed by atoms with E-state index in [-0.39, 0.29) is 0 Å². The number of para-hydroxylation sites is 2. The number of nitrogens with zero attached hydrogens (tertiary/aromatic N) is 4. The highest BCUT2D eigenvalue weighted by atomic mass is 32.1. The Morgan fingerprint density at radius 2 is 1.00 bits per heavy atom. The van der Waals surface area contributed by atoms with Gasteiger partial charge in [-0.25, -0.2) is 9.97 Å². The van der Waals surface area contributed by atoms with E-state index in [1.54, 1.807) is 11.3 Å². The second-order valence-corrected chi connectivity index (χ2v) is 15.6. The monoisotopic (exact) mass is 744 g/mol. The predicted molar refractivity (Wildman–Crippen MR) is 240 cm³/mol. The molecule has 12 rings (SSSR count). The highest BCUT2D eigenvalue weighted by molar-refractivity contribution is 7.21. The molecule has 8 aromatic carbocycles. The second-order valence-electron chi connectivity index (χ2n) is 14.6. The number of hydrogen-bond acceptors (Lipinski definition) is 3. The first-order chi connectivity index (χ1) is 28.3. The van der Waals surface area contributed by atoms with E-state index >= 15 is 0 Å². The van der Waals surface area contributed by atoms with Gasteiger partial charge < -0.3 is 4.57 Å². The number of aromatic nitrogens is 4. The smallest absolute Gasteiger partial charge is 0.236 e. The Labute approximate surface area is 332 Å². The molecule has 0 unspecified atom stereocenters. The van der Waals surface area contributed by atoms with Gasteiger partial charge in [0.25, 0.3) is 0 Å². The fourth-order valence-corrected chi connectivity index (χ4v) is 9.79. The molecular formula is C52H32N4S. The van der Waals surface area contributed by atoms with E-state index in [0.717, 1.165) is 43.8 Å². The third-order valence-electron chi connectivity index (χ3n) is 11.4. The molecule has 4 nitrogen and oxygen atoms in total. The average Bonchev–Trinajstić information content (AvgIpc) is 3.97. The largest absolute Gasteiger partial charge is 0.309 e. The molecule has 0 aliphatic carbocycles. The molecule has 0 N–H and O–H groups in total. The van der Waals surface area contributed by atoms with Crippen LogP contribution in [0, 0.1) is 0 Å². The van der Waals surface area contributed by atoms with Gasteiger partial charge in [0.05, 0.1) is 27.8 Å². The van der Waals surface area contributed by atoms with Crippen molar-refractivity contribution in [1.82, 2.24) is 19.1 Å². The van der Waals surface area contributed by atoms with Gasteiger partial charge >= 0.3 is 0 Å². The summed E-state index contributed by atoms with van der Waals surface area (Å²) >= 11 is 1.72. The van der Waals surface area contributed by atoms with Crippen molar-refractivity contribution in [2.45, 2.75) is 0 Å². The van der Waals surface area contributed by atoms with Crippen molar-refractivity contribution in [1.29, 1.82) is 0 Å². The van der Waals surface area contributed by atoms with E-state index in [1.807, 2.05) is 0 Å². The van der Waals surface area contributed by atoms with Crippen LogP contribution in [-0.2, 0) is 0 Å². The van der Waals surface area contributed by atoms with E-state index in [0.29, 0.717) is 5.95 Å². The third-order valence-corrected chi connectivity index (χ3v) is 12.4. The SMILES string of the molecule is c1ccc(-c2cc3c(-c4ccccc4)nc(-n4c5ccc(-c6ccc7c8ccccc8n(-c8ccccc8)c7c6)cc5c5c6ccccc6ccc54)nc3s2)cc1. The van der Waals surface area contributed by atoms with E-state index in [9.17, 15) is 0 Å². The van der Waals surface area contributed by atoms with Crippen LogP contribution in [0.2, 0.25) is 0 Å². The van der Waals surface area contributed by atoms with Crippen LogP contribution in [0.1, 0.15) is 0 Å². The van der Waals surface area contributed by atoms with Gasteiger partial charge in [0, 0.05) is 43.1 Å². The number of rotatable bonds is 5. The molecule has 266 valence electrons. The van der Waals surface area contributed by atoms with Gasteiger partial charge in [-0.1, -0.05) is 146 Å². The summed E-state index contributed by atoms with van der Waals surface area (Å²) in [4.78, 5) is 12.9. The zero-order chi connectivity index (χ0) is 37.5. The Hall–Kier alpha value is -7.34. The summed E-state index contributed by atoms with van der Waals surface area (Å²) in [6, 6.07) is 69.6. The van der Waals surface area contributed by atoms with Crippen LogP contribution in [0.5, 0.6) is 0 Å². The molecule has 0 aliphatic rings. The van der Waals surface area contributed by atoms with Crippen LogP contribution < -0.4 is 0 Å². The molecule has 4 heterocycles. The Morgan fingerprint density at radius 3 is 1.82 bits per heavy atom. The fourth-order valence-electron chi connectivity index (χ4n) is 8.76. The lowest BCUT2D eigenvalue weighted by atomic mass is 9.99. The van der Waals surface area contributed by atoms with Gasteiger partial charge in [-0.3, -0.25) is 4.57 Å². The maximum absolute atomic E-state index is 5.43. The van der Waals surface area contributed by atoms with Crippen LogP contribution in [0.15, 0.2) is 194 Å². The molecule has 0 spiro atoms. The standard InChI is InChI=1S/C52H32N4S/c1-4-15-34(16-5-1)48-32-43-50(35-17-6-2-7-18-35)53-52(54-51(43)57-48)56-45-28-26-36(30-42(45)49-39-21-11-10-14-33(39)25-29-46(49)56)37-24-27-41-40-22-12-13-23-44(40)55(47(41)31-37)38-19-8-3-9-20-38/h1-32H. The predicted octanol–water partition coefficient (Wildman–Crippen LogP) is 14.0. The quantitative estimate of drug-likeness (QED) is 0.176. The van der Waals surface area contributed by atoms with Crippen molar-refractivity contribution in [2.75, 3.05) is 0 Å². The summed E-state index contributed by atoms with van der Waals surface area (Å²) in [6.07, 6.45) is 0. The van der Waals surface area contributed by atoms with E-state index < -0.39 is 0 Å². The van der Waals surface area contributed by atoms with E-state index in [4.69, 9.17) is 9.97 Å². The first-order valence-corrected chi connectivity index (χ1v) is 20.1. The van der Waals surface area contributed by atoms with Gasteiger partial charge in [-0.15, -0.1) is 11.3 Å². The zero-order valence-corrected chi connectivity index (χ0v) is 31.5. The molecule has 12 aromatic rings. The van der Waals surface area contributed by atoms with Crippen molar-refractivity contribution in [3.05, 3.63) is 194 Å². The van der Waals surface area contributed by atoms with Gasteiger partial charge in [0.1, 0.15) is 4.83 Å². The van der Waals surface area contributed by atoms with Crippen LogP contribution in [0.4, 0.5) is 0 Å². The van der Waals surface area contributed by atoms with Crippen molar-refractivity contribution in [3.8, 4) is 44.5 Å². The van der Waals surface area contributed by atoms with Gasteiger partial charge in [-0.2, -0.15) is 0 Å². The molecule has 0 saturated heterocycles. The first-order valence-electron chi connectivity index (χ1n) is 19.2. The van der Waals surface area contributed by atoms with Crippen molar-refractivity contribution in [2.24, 2.45) is 0 Å². The lowest BCUT2D eigenvalue weighted by molar-refractivity contribution is 1.02. The third kappa shape index (κ3) is 4.99. The highest BCUT2D eigenvalue weighted by Gasteiger charge is 2.21. The van der Waals surface area contributed by atoms with Gasteiger partial charge in [0.15, 0.2) is 0 Å². The fraction of sp³-hybridized carbons (Fsp3) is 0. The molecule has 0 saturated carbocycles. The van der Waals surface area contributed by atoms with E-state index in [1.165, 1.54) is 59.4 Å². The van der Waals surface area contributed by atoms with Crippen LogP contribution in [-0.4, -0.2) is 19.1 Å². The first kappa shape index (κ1) is 32.0. The van der Waals surface area contributed by atoms with Gasteiger partial charge in [0.2, 0.25) is 5.95 Å². The zero-order valence-electron chi connectivity index (χ0n) is 30.7. The minimum absolute atomic E-state index is 0.666. The van der Waals surface area contributed by atoms with Crippen LogP contribution >= 0.6 is 11.3 Å². The molecule has 5 heteroatoms. The number of thiophene rings is 1. The number of hydrogen-bond donors (Lipinski definition) is 0. The second kappa shape index (κ2) is 12.6. The molecule has 0 fully saturated rings. The maximum atomic E-state index is 5.43. The normalized spacial score (nSPS) is 11.9. The Bertz CT molecular complexity index is 3510. The Kier molecular flexibility index (Phi) is 7.06. The lowest BCUT2D eigenvalue weighted by Gasteiger charge is -2.10. The molecular weight excluding hydrogens is 713 g/mol. The molecule has 57 heavy (non-hydrogen) atoms. The maximum Gasteiger partial charge on any atom is 0.236 e. The minimum atomic E-state index is 0.666. The minimum Gasteiger partial charge on any atom is -0.309 e. The van der Waals surface area contributed by atoms with Crippen molar-refractivity contribution < 1.29 is 0 Å². The Morgan fingerprint density at radius 1 is 0.368 bits per heavy atom. The molecule has 0 atom stereocenters. The van der Waals surface area contributed by atoms with Crippen molar-refractivity contribution in [3.63, 3.8) is 0 Å². The summed E-state index contributed by atoms with van der Waals surface area (Å²) < 4.78 is 4.66. The number of benzene rings is 8. The molecule has 4 aromatic heterocycles. The molecule has 0 bridgehead atoms. The lowest BCUT2D eigenvalue weighted by Crippen LogP contribution is -2.02.